The topological polar surface area (TPSA) is 45.2 Å². The van der Waals surface area contributed by atoms with E-state index >= 15 is 0 Å². The summed E-state index contributed by atoms with van der Waals surface area (Å²) < 4.78 is 0. The van der Waals surface area contributed by atoms with Crippen molar-refractivity contribution in [1.82, 2.24) is 9.88 Å². The first kappa shape index (κ1) is 14.8. The Labute approximate surface area is 121 Å². The Balaban J connectivity index is 2.12. The maximum atomic E-state index is 12.7. The maximum absolute atomic E-state index is 12.7. The second kappa shape index (κ2) is 6.73. The summed E-state index contributed by atoms with van der Waals surface area (Å²) in [4.78, 5) is 18.8. The van der Waals surface area contributed by atoms with Gasteiger partial charge in [0.15, 0.2) is 0 Å². The van der Waals surface area contributed by atoms with Crippen molar-refractivity contribution in [1.29, 1.82) is 0 Å². The minimum Gasteiger partial charge on any atom is -0.384 e. The van der Waals surface area contributed by atoms with E-state index in [1.807, 2.05) is 11.0 Å². The normalized spacial score (nSPS) is 22.6. The second-order valence-corrected chi connectivity index (χ2v) is 5.84. The molecule has 2 rings (SSSR count). The van der Waals surface area contributed by atoms with Gasteiger partial charge in [-0.05, 0) is 30.7 Å². The van der Waals surface area contributed by atoms with Crippen LogP contribution in [0.2, 0.25) is 0 Å². The van der Waals surface area contributed by atoms with Gasteiger partial charge in [-0.3, -0.25) is 9.78 Å². The molecule has 0 saturated carbocycles. The van der Waals surface area contributed by atoms with Crippen molar-refractivity contribution in [3.05, 3.63) is 24.0 Å². The number of carbonyl (C=O) groups excluding carboxylic acids is 1. The summed E-state index contributed by atoms with van der Waals surface area (Å²) in [5.41, 5.74) is 1.60. The number of hydrogen-bond donors (Lipinski definition) is 1. The Kier molecular flexibility index (Phi) is 4.99. The van der Waals surface area contributed by atoms with Crippen molar-refractivity contribution >= 4 is 11.6 Å². The van der Waals surface area contributed by atoms with Crippen LogP contribution in [-0.2, 0) is 0 Å². The summed E-state index contributed by atoms with van der Waals surface area (Å²) in [6, 6.07) is 1.89. The molecule has 1 amide bonds. The molecule has 2 heterocycles. The molecule has 4 heteroatoms. The van der Waals surface area contributed by atoms with E-state index in [1.165, 1.54) is 0 Å². The van der Waals surface area contributed by atoms with Gasteiger partial charge in [-0.25, -0.2) is 0 Å². The van der Waals surface area contributed by atoms with Crippen molar-refractivity contribution in [3.8, 4) is 0 Å². The molecule has 1 aromatic heterocycles. The third kappa shape index (κ3) is 3.30. The Morgan fingerprint density at radius 3 is 2.95 bits per heavy atom. The number of nitrogens with one attached hydrogen (secondary N) is 1. The van der Waals surface area contributed by atoms with Crippen LogP contribution >= 0.6 is 0 Å². The first-order valence-electron chi connectivity index (χ1n) is 7.60. The Bertz CT molecular complexity index is 461. The predicted molar refractivity (Wildman–Crippen MR) is 81.9 cm³/mol. The lowest BCUT2D eigenvalue weighted by Gasteiger charge is -2.35. The number of amides is 1. The summed E-state index contributed by atoms with van der Waals surface area (Å²) in [7, 11) is 0. The first-order chi connectivity index (χ1) is 9.63. The van der Waals surface area contributed by atoms with E-state index in [9.17, 15) is 4.79 Å². The van der Waals surface area contributed by atoms with Crippen molar-refractivity contribution in [2.24, 2.45) is 11.8 Å². The van der Waals surface area contributed by atoms with E-state index in [-0.39, 0.29) is 5.91 Å². The SMILES string of the molecule is CCCNc1ccncc1C(=O)N1CCC(C)C(C)C1. The number of pyridine rings is 1. The van der Waals surface area contributed by atoms with Gasteiger partial charge in [0.05, 0.1) is 11.3 Å². The van der Waals surface area contributed by atoms with Crippen LogP contribution in [0.4, 0.5) is 5.69 Å². The standard InChI is InChI=1S/C16H25N3O/c1-4-7-18-15-5-8-17-10-14(15)16(20)19-9-6-12(2)13(3)11-19/h5,8,10,12-13H,4,6-7,9,11H2,1-3H3,(H,17,18). The lowest BCUT2D eigenvalue weighted by Crippen LogP contribution is -2.42. The third-order valence-corrected chi connectivity index (χ3v) is 4.24. The van der Waals surface area contributed by atoms with Crippen molar-refractivity contribution < 1.29 is 4.79 Å². The van der Waals surface area contributed by atoms with Gasteiger partial charge in [0.2, 0.25) is 0 Å². The zero-order chi connectivity index (χ0) is 14.5. The molecule has 2 atom stereocenters. The lowest BCUT2D eigenvalue weighted by molar-refractivity contribution is 0.0628. The zero-order valence-corrected chi connectivity index (χ0v) is 12.7. The molecule has 0 spiro atoms. The molecule has 110 valence electrons. The largest absolute Gasteiger partial charge is 0.384 e. The van der Waals surface area contributed by atoms with E-state index in [0.717, 1.165) is 38.2 Å². The molecular formula is C16H25N3O. The minimum atomic E-state index is 0.107. The molecule has 1 N–H and O–H groups in total. The molecular weight excluding hydrogens is 250 g/mol. The third-order valence-electron chi connectivity index (χ3n) is 4.24. The molecule has 1 fully saturated rings. The highest BCUT2D eigenvalue weighted by molar-refractivity contribution is 5.99. The number of carbonyl (C=O) groups is 1. The number of likely N-dealkylation sites (tertiary alicyclic amines) is 1. The number of hydrogen-bond acceptors (Lipinski definition) is 3. The van der Waals surface area contributed by atoms with Crippen molar-refractivity contribution in [2.45, 2.75) is 33.6 Å². The number of nitrogens with zero attached hydrogens (tertiary/aromatic N) is 2. The van der Waals surface area contributed by atoms with Gasteiger partial charge in [0.25, 0.3) is 5.91 Å². The van der Waals surface area contributed by atoms with Crippen LogP contribution in [-0.4, -0.2) is 35.4 Å². The van der Waals surface area contributed by atoms with E-state index in [0.29, 0.717) is 17.4 Å². The number of piperidine rings is 1. The van der Waals surface area contributed by atoms with Gasteiger partial charge in [-0.1, -0.05) is 20.8 Å². The molecule has 0 aliphatic carbocycles. The molecule has 0 aromatic carbocycles. The molecule has 1 aromatic rings. The Hall–Kier alpha value is -1.58. The average Bonchev–Trinajstić information content (AvgIpc) is 2.47. The molecule has 4 nitrogen and oxygen atoms in total. The van der Waals surface area contributed by atoms with Crippen LogP contribution < -0.4 is 5.32 Å². The van der Waals surface area contributed by atoms with Gasteiger partial charge in [-0.15, -0.1) is 0 Å². The van der Waals surface area contributed by atoms with Crippen molar-refractivity contribution in [2.75, 3.05) is 25.0 Å². The minimum absolute atomic E-state index is 0.107. The van der Waals surface area contributed by atoms with Crippen LogP contribution in [0, 0.1) is 11.8 Å². The first-order valence-corrected chi connectivity index (χ1v) is 7.60. The Morgan fingerprint density at radius 1 is 1.45 bits per heavy atom. The van der Waals surface area contributed by atoms with Crippen LogP contribution in [0.5, 0.6) is 0 Å². The van der Waals surface area contributed by atoms with Gasteiger partial charge >= 0.3 is 0 Å². The van der Waals surface area contributed by atoms with E-state index in [1.54, 1.807) is 12.4 Å². The van der Waals surface area contributed by atoms with Gasteiger partial charge in [-0.2, -0.15) is 0 Å². The molecule has 1 aliphatic heterocycles. The zero-order valence-electron chi connectivity index (χ0n) is 12.7. The van der Waals surface area contributed by atoms with Gasteiger partial charge in [0, 0.05) is 32.0 Å². The molecule has 2 unspecified atom stereocenters. The summed E-state index contributed by atoms with van der Waals surface area (Å²) in [5.74, 6) is 1.37. The highest BCUT2D eigenvalue weighted by atomic mass is 16.2. The van der Waals surface area contributed by atoms with E-state index in [4.69, 9.17) is 0 Å². The van der Waals surface area contributed by atoms with Crippen molar-refractivity contribution in [3.63, 3.8) is 0 Å². The summed E-state index contributed by atoms with van der Waals surface area (Å²) in [5, 5.41) is 3.32. The molecule has 0 bridgehead atoms. The van der Waals surface area contributed by atoms with E-state index < -0.39 is 0 Å². The van der Waals surface area contributed by atoms with E-state index in [2.05, 4.69) is 31.1 Å². The van der Waals surface area contributed by atoms with Crippen LogP contribution in [0.15, 0.2) is 18.5 Å². The lowest BCUT2D eigenvalue weighted by atomic mass is 9.88. The average molecular weight is 275 g/mol. The van der Waals surface area contributed by atoms with Gasteiger partial charge < -0.3 is 10.2 Å². The number of rotatable bonds is 4. The van der Waals surface area contributed by atoms with Gasteiger partial charge in [0.1, 0.15) is 0 Å². The summed E-state index contributed by atoms with van der Waals surface area (Å²) in [6.07, 6.45) is 5.54. The summed E-state index contributed by atoms with van der Waals surface area (Å²) in [6.45, 7) is 9.18. The fourth-order valence-corrected chi connectivity index (χ4v) is 2.60. The molecule has 1 saturated heterocycles. The summed E-state index contributed by atoms with van der Waals surface area (Å²) >= 11 is 0. The maximum Gasteiger partial charge on any atom is 0.257 e. The predicted octanol–water partition coefficient (Wildman–Crippen LogP) is 3.02. The number of anilines is 1. The highest BCUT2D eigenvalue weighted by Gasteiger charge is 2.27. The van der Waals surface area contributed by atoms with Crippen LogP contribution in [0.3, 0.4) is 0 Å². The number of aromatic nitrogens is 1. The fourth-order valence-electron chi connectivity index (χ4n) is 2.60. The molecule has 20 heavy (non-hydrogen) atoms. The monoisotopic (exact) mass is 275 g/mol. The Morgan fingerprint density at radius 2 is 2.25 bits per heavy atom. The molecule has 0 radical (unpaired) electrons. The highest BCUT2D eigenvalue weighted by Crippen LogP contribution is 2.25. The molecule has 1 aliphatic rings. The smallest absolute Gasteiger partial charge is 0.257 e. The quantitative estimate of drug-likeness (QED) is 0.918. The second-order valence-electron chi connectivity index (χ2n) is 5.84. The van der Waals surface area contributed by atoms with Crippen LogP contribution in [0.1, 0.15) is 44.0 Å². The van der Waals surface area contributed by atoms with Crippen LogP contribution in [0.25, 0.3) is 0 Å². The fraction of sp³-hybridized carbons (Fsp3) is 0.625.